The van der Waals surface area contributed by atoms with Gasteiger partial charge in [-0.25, -0.2) is 17.4 Å². The van der Waals surface area contributed by atoms with Crippen LogP contribution in [0, 0.1) is 0 Å². The molecule has 0 radical (unpaired) electrons. The number of aryl methyl sites for hydroxylation is 2. The molecule has 1 aliphatic carbocycles. The predicted octanol–water partition coefficient (Wildman–Crippen LogP) is 3.71. The van der Waals surface area contributed by atoms with Crippen LogP contribution < -0.4 is 4.31 Å². The molecule has 0 aliphatic heterocycles. The number of carboxylic acids is 1. The van der Waals surface area contributed by atoms with E-state index in [1.54, 1.807) is 48.5 Å². The van der Waals surface area contributed by atoms with E-state index in [-0.39, 0.29) is 17.9 Å². The van der Waals surface area contributed by atoms with Gasteiger partial charge in [0.15, 0.2) is 9.84 Å². The predicted molar refractivity (Wildman–Crippen MR) is 126 cm³/mol. The summed E-state index contributed by atoms with van der Waals surface area (Å²) in [7, 11) is -3.63. The summed E-state index contributed by atoms with van der Waals surface area (Å²) in [4.78, 5) is 12.0. The Morgan fingerprint density at radius 3 is 2.55 bits per heavy atom. The number of fused-ring (bicyclic) bond motifs is 3. The fourth-order valence-corrected chi connectivity index (χ4v) is 6.44. The van der Waals surface area contributed by atoms with Crippen LogP contribution in [0.25, 0.3) is 11.0 Å². The zero-order valence-electron chi connectivity index (χ0n) is 17.8. The first-order valence-corrected chi connectivity index (χ1v) is 13.6. The van der Waals surface area contributed by atoms with Crippen molar-refractivity contribution in [1.82, 2.24) is 0 Å². The first kappa shape index (κ1) is 23.5. The van der Waals surface area contributed by atoms with Crippen molar-refractivity contribution in [2.45, 2.75) is 43.9 Å². The van der Waals surface area contributed by atoms with Gasteiger partial charge in [-0.3, -0.25) is 8.86 Å². The SMILES string of the molecule is O=C(O)C(CCS(=O)(=O)Cc1ccccc1)N(c1ccc2c3c(oc2c1)CCCC3)S(=O)O. The van der Waals surface area contributed by atoms with Crippen LogP contribution in [0.1, 0.15) is 36.1 Å². The molecule has 0 fully saturated rings. The van der Waals surface area contributed by atoms with Crippen LogP contribution in [0.4, 0.5) is 5.69 Å². The zero-order valence-corrected chi connectivity index (χ0v) is 19.5. The highest BCUT2D eigenvalue weighted by Gasteiger charge is 2.32. The Morgan fingerprint density at radius 1 is 1.12 bits per heavy atom. The van der Waals surface area contributed by atoms with E-state index in [1.165, 1.54) is 0 Å². The van der Waals surface area contributed by atoms with Crippen LogP contribution in [-0.4, -0.2) is 40.0 Å². The Hall–Kier alpha value is -2.69. The number of aliphatic carboxylic acids is 1. The minimum Gasteiger partial charge on any atom is -0.480 e. The maximum absolute atomic E-state index is 12.6. The number of carboxylic acid groups (broad SMARTS) is 1. The second-order valence-electron chi connectivity index (χ2n) is 8.17. The van der Waals surface area contributed by atoms with Crippen LogP contribution in [0.15, 0.2) is 52.9 Å². The molecule has 1 heterocycles. The third-order valence-corrected chi connectivity index (χ3v) is 8.30. The minimum absolute atomic E-state index is 0.183. The molecule has 1 aromatic heterocycles. The van der Waals surface area contributed by atoms with Gasteiger partial charge in [0.25, 0.3) is 11.3 Å². The molecule has 0 spiro atoms. The summed E-state index contributed by atoms with van der Waals surface area (Å²) < 4.78 is 54.0. The van der Waals surface area contributed by atoms with Crippen molar-refractivity contribution >= 4 is 43.7 Å². The van der Waals surface area contributed by atoms with Gasteiger partial charge in [-0.15, -0.1) is 0 Å². The highest BCUT2D eigenvalue weighted by molar-refractivity contribution is 7.90. The highest BCUT2D eigenvalue weighted by Crippen LogP contribution is 2.35. The molecule has 2 unspecified atom stereocenters. The quantitative estimate of drug-likeness (QED) is 0.437. The summed E-state index contributed by atoms with van der Waals surface area (Å²) in [5.74, 6) is -1.16. The van der Waals surface area contributed by atoms with E-state index >= 15 is 0 Å². The molecular formula is C23H25NO7S2. The third-order valence-electron chi connectivity index (χ3n) is 5.86. The van der Waals surface area contributed by atoms with E-state index in [9.17, 15) is 27.1 Å². The lowest BCUT2D eigenvalue weighted by atomic mass is 9.96. The average molecular weight is 492 g/mol. The Morgan fingerprint density at radius 2 is 1.85 bits per heavy atom. The number of hydrogen-bond acceptors (Lipinski definition) is 5. The third kappa shape index (κ3) is 5.29. The van der Waals surface area contributed by atoms with Gasteiger partial charge >= 0.3 is 5.97 Å². The van der Waals surface area contributed by atoms with Gasteiger partial charge in [-0.1, -0.05) is 30.3 Å². The first-order valence-electron chi connectivity index (χ1n) is 10.7. The van der Waals surface area contributed by atoms with Gasteiger partial charge in [-0.05, 0) is 43.4 Å². The number of anilines is 1. The van der Waals surface area contributed by atoms with Crippen molar-refractivity contribution in [3.63, 3.8) is 0 Å². The Kier molecular flexibility index (Phi) is 6.87. The van der Waals surface area contributed by atoms with E-state index in [4.69, 9.17) is 4.42 Å². The molecule has 0 bridgehead atoms. The second-order valence-corrected chi connectivity index (χ2v) is 11.2. The van der Waals surface area contributed by atoms with E-state index in [0.29, 0.717) is 11.1 Å². The summed E-state index contributed by atoms with van der Waals surface area (Å²) >= 11 is -2.69. The number of sulfone groups is 1. The maximum Gasteiger partial charge on any atom is 0.327 e. The molecule has 3 aromatic rings. The summed E-state index contributed by atoms with van der Waals surface area (Å²) in [6.07, 6.45) is 3.48. The Balaban J connectivity index is 1.59. The van der Waals surface area contributed by atoms with E-state index in [1.807, 2.05) is 0 Å². The van der Waals surface area contributed by atoms with Crippen molar-refractivity contribution in [2.24, 2.45) is 0 Å². The van der Waals surface area contributed by atoms with Crippen LogP contribution in [0.2, 0.25) is 0 Å². The monoisotopic (exact) mass is 491 g/mol. The number of nitrogens with zero attached hydrogens (tertiary/aromatic N) is 1. The molecule has 176 valence electrons. The molecule has 8 nitrogen and oxygen atoms in total. The van der Waals surface area contributed by atoms with Gasteiger partial charge in [0.05, 0.1) is 17.2 Å². The summed E-state index contributed by atoms with van der Waals surface area (Å²) in [6.45, 7) is 0. The van der Waals surface area contributed by atoms with Crippen LogP contribution >= 0.6 is 0 Å². The molecule has 0 saturated heterocycles. The van der Waals surface area contributed by atoms with Crippen LogP contribution in [0.5, 0.6) is 0 Å². The molecule has 33 heavy (non-hydrogen) atoms. The van der Waals surface area contributed by atoms with Crippen molar-refractivity contribution < 1.29 is 31.5 Å². The fraction of sp³-hybridized carbons (Fsp3) is 0.348. The molecule has 0 amide bonds. The Bertz CT molecular complexity index is 1280. The standard InChI is InChI=1S/C23H25NO7S2/c25-23(26)20(12-13-33(29,30)15-16-6-2-1-3-7-16)24(32(27)28)17-10-11-19-18-8-4-5-9-21(18)31-22(19)14-17/h1-3,6-7,10-11,14,20H,4-5,8-9,12-13,15H2,(H,25,26)(H,27,28). The molecule has 2 aromatic carbocycles. The normalized spacial score (nSPS) is 15.7. The Labute approximate surface area is 194 Å². The number of furan rings is 1. The minimum atomic E-state index is -3.63. The van der Waals surface area contributed by atoms with Gasteiger partial charge in [0.2, 0.25) is 0 Å². The molecule has 0 saturated carbocycles. The lowest BCUT2D eigenvalue weighted by Gasteiger charge is -2.26. The highest BCUT2D eigenvalue weighted by atomic mass is 32.2. The largest absolute Gasteiger partial charge is 0.480 e. The summed E-state index contributed by atoms with van der Waals surface area (Å²) in [5, 5.41) is 10.7. The van der Waals surface area contributed by atoms with E-state index in [0.717, 1.165) is 46.7 Å². The average Bonchev–Trinajstić information content (AvgIpc) is 3.14. The van der Waals surface area contributed by atoms with Crippen molar-refractivity contribution in [3.8, 4) is 0 Å². The number of benzene rings is 2. The molecule has 10 heteroatoms. The number of rotatable bonds is 9. The van der Waals surface area contributed by atoms with Gasteiger partial charge in [0.1, 0.15) is 17.4 Å². The topological polar surface area (TPSA) is 125 Å². The number of hydrogen-bond donors (Lipinski definition) is 2. The molecule has 1 aliphatic rings. The second kappa shape index (κ2) is 9.66. The van der Waals surface area contributed by atoms with E-state index < -0.39 is 38.9 Å². The first-order chi connectivity index (χ1) is 15.7. The van der Waals surface area contributed by atoms with Crippen molar-refractivity contribution in [3.05, 3.63) is 65.4 Å². The maximum atomic E-state index is 12.6. The van der Waals surface area contributed by atoms with E-state index in [2.05, 4.69) is 0 Å². The van der Waals surface area contributed by atoms with Crippen LogP contribution in [-0.2, 0) is 44.5 Å². The molecular weight excluding hydrogens is 466 g/mol. The number of carbonyl (C=O) groups is 1. The van der Waals surface area contributed by atoms with Crippen LogP contribution in [0.3, 0.4) is 0 Å². The summed E-state index contributed by atoms with van der Waals surface area (Å²) in [6, 6.07) is 12.0. The van der Waals surface area contributed by atoms with Crippen molar-refractivity contribution in [1.29, 1.82) is 0 Å². The van der Waals surface area contributed by atoms with Gasteiger partial charge < -0.3 is 9.52 Å². The zero-order chi connectivity index (χ0) is 23.6. The fourth-order valence-electron chi connectivity index (χ4n) is 4.30. The molecule has 2 N–H and O–H groups in total. The molecule has 4 rings (SSSR count). The smallest absolute Gasteiger partial charge is 0.327 e. The summed E-state index contributed by atoms with van der Waals surface area (Å²) in [5.41, 5.74) is 2.43. The molecule has 2 atom stereocenters. The lowest BCUT2D eigenvalue weighted by Crippen LogP contribution is -2.43. The van der Waals surface area contributed by atoms with Crippen molar-refractivity contribution in [2.75, 3.05) is 10.1 Å². The lowest BCUT2D eigenvalue weighted by molar-refractivity contribution is -0.138. The van der Waals surface area contributed by atoms with Gasteiger partial charge in [0, 0.05) is 23.4 Å². The van der Waals surface area contributed by atoms with Gasteiger partial charge in [-0.2, -0.15) is 0 Å².